The van der Waals surface area contributed by atoms with Crippen molar-refractivity contribution in [3.8, 4) is 5.75 Å². The number of rotatable bonds is 9. The predicted octanol–water partition coefficient (Wildman–Crippen LogP) is 4.00. The lowest BCUT2D eigenvalue weighted by molar-refractivity contribution is -0.143. The molecular formula is C29H40N4O6. The summed E-state index contributed by atoms with van der Waals surface area (Å²) in [6.45, 7) is 13.8. The maximum Gasteiger partial charge on any atom is 0.408 e. The molecule has 39 heavy (non-hydrogen) atoms. The molecule has 10 heteroatoms. The molecule has 0 aliphatic rings. The first-order valence-electron chi connectivity index (χ1n) is 12.8. The van der Waals surface area contributed by atoms with Gasteiger partial charge >= 0.3 is 6.09 Å². The standard InChI is InChI=1S/C29H40N4O6/c1-16(2)33(27(37)21(15-23(30)35)31-28(38)39-29(6,7)8)25(20-12-13-22(34)19(5)14-20)26(36)32-24-17(3)10-9-11-18(24)4/h9-14,16,21,25,34H,15H2,1-8H3,(H2,30,35)(H,31,38)(H,32,36). The molecule has 2 unspecified atom stereocenters. The zero-order valence-electron chi connectivity index (χ0n) is 23.9. The SMILES string of the molecule is Cc1cc(C(C(=O)Nc2c(C)cccc2C)N(C(=O)C(CC(N)=O)NC(=O)OC(C)(C)C)C(C)C)ccc1O. The average molecular weight is 541 g/mol. The zero-order valence-corrected chi connectivity index (χ0v) is 23.9. The molecule has 2 rings (SSSR count). The highest BCUT2D eigenvalue weighted by Gasteiger charge is 2.38. The van der Waals surface area contributed by atoms with E-state index in [0.29, 0.717) is 16.8 Å². The molecule has 4 amide bonds. The molecule has 0 heterocycles. The number of benzene rings is 2. The fourth-order valence-electron chi connectivity index (χ4n) is 4.20. The van der Waals surface area contributed by atoms with E-state index in [9.17, 15) is 24.3 Å². The van der Waals surface area contributed by atoms with Crippen molar-refractivity contribution < 1.29 is 29.0 Å². The van der Waals surface area contributed by atoms with E-state index in [4.69, 9.17) is 10.5 Å². The first kappa shape index (κ1) is 31.1. The normalized spacial score (nSPS) is 12.8. The Labute approximate surface area is 229 Å². The van der Waals surface area contributed by atoms with Gasteiger partial charge in [0, 0.05) is 11.7 Å². The number of hydrogen-bond donors (Lipinski definition) is 4. The number of nitrogens with two attached hydrogens (primary N) is 1. The van der Waals surface area contributed by atoms with Gasteiger partial charge < -0.3 is 31.1 Å². The summed E-state index contributed by atoms with van der Waals surface area (Å²) < 4.78 is 5.29. The van der Waals surface area contributed by atoms with Crippen LogP contribution in [-0.4, -0.2) is 51.5 Å². The van der Waals surface area contributed by atoms with Crippen LogP contribution < -0.4 is 16.4 Å². The Balaban J connectivity index is 2.61. The smallest absolute Gasteiger partial charge is 0.408 e. The first-order valence-corrected chi connectivity index (χ1v) is 12.8. The summed E-state index contributed by atoms with van der Waals surface area (Å²) >= 11 is 0. The molecule has 212 valence electrons. The minimum absolute atomic E-state index is 0.0354. The summed E-state index contributed by atoms with van der Waals surface area (Å²) in [5, 5.41) is 15.5. The van der Waals surface area contributed by atoms with Crippen molar-refractivity contribution in [2.45, 2.75) is 85.5 Å². The van der Waals surface area contributed by atoms with Crippen LogP contribution in [0.5, 0.6) is 5.75 Å². The molecule has 0 bridgehead atoms. The number of para-hydroxylation sites is 1. The Hall–Kier alpha value is -4.08. The second-order valence-electron chi connectivity index (χ2n) is 10.9. The van der Waals surface area contributed by atoms with Gasteiger partial charge in [-0.25, -0.2) is 4.79 Å². The Morgan fingerprint density at radius 1 is 1.00 bits per heavy atom. The number of primary amides is 1. The van der Waals surface area contributed by atoms with Gasteiger partial charge in [-0.3, -0.25) is 14.4 Å². The van der Waals surface area contributed by atoms with E-state index in [1.165, 1.54) is 11.0 Å². The van der Waals surface area contributed by atoms with Gasteiger partial charge in [0.2, 0.25) is 11.8 Å². The molecule has 0 fully saturated rings. The molecule has 10 nitrogen and oxygen atoms in total. The van der Waals surface area contributed by atoms with E-state index in [1.807, 2.05) is 32.0 Å². The minimum Gasteiger partial charge on any atom is -0.508 e. The van der Waals surface area contributed by atoms with Gasteiger partial charge in [-0.1, -0.05) is 24.3 Å². The Morgan fingerprint density at radius 3 is 2.08 bits per heavy atom. The van der Waals surface area contributed by atoms with E-state index in [-0.39, 0.29) is 5.75 Å². The number of aromatic hydroxyl groups is 1. The number of ether oxygens (including phenoxy) is 1. The minimum atomic E-state index is -1.38. The quantitative estimate of drug-likeness (QED) is 0.377. The Bertz CT molecular complexity index is 1210. The second kappa shape index (κ2) is 12.6. The zero-order chi connectivity index (χ0) is 29.7. The molecule has 0 aliphatic heterocycles. The topological polar surface area (TPSA) is 151 Å². The van der Waals surface area contributed by atoms with Gasteiger partial charge in [0.05, 0.1) is 6.42 Å². The molecule has 0 aliphatic carbocycles. The van der Waals surface area contributed by atoms with Gasteiger partial charge in [-0.05, 0) is 89.8 Å². The van der Waals surface area contributed by atoms with E-state index >= 15 is 0 Å². The van der Waals surface area contributed by atoms with Gasteiger partial charge in [0.15, 0.2) is 0 Å². The number of hydrogen-bond acceptors (Lipinski definition) is 6. The van der Waals surface area contributed by atoms with Crippen LogP contribution in [0.15, 0.2) is 36.4 Å². The van der Waals surface area contributed by atoms with Crippen LogP contribution in [0.25, 0.3) is 0 Å². The van der Waals surface area contributed by atoms with E-state index in [2.05, 4.69) is 10.6 Å². The molecule has 2 atom stereocenters. The largest absolute Gasteiger partial charge is 0.508 e. The summed E-state index contributed by atoms with van der Waals surface area (Å²) in [4.78, 5) is 53.7. The van der Waals surface area contributed by atoms with Crippen molar-refractivity contribution in [1.82, 2.24) is 10.2 Å². The molecule has 0 aromatic heterocycles. The Kier molecular flexibility index (Phi) is 10.1. The molecule has 2 aromatic rings. The van der Waals surface area contributed by atoms with Gasteiger partial charge in [0.25, 0.3) is 5.91 Å². The number of amides is 4. The number of phenolic OH excluding ortho intramolecular Hbond substituents is 1. The molecule has 0 spiro atoms. The van der Waals surface area contributed by atoms with Crippen LogP contribution >= 0.6 is 0 Å². The maximum atomic E-state index is 14.0. The van der Waals surface area contributed by atoms with Crippen LogP contribution in [0.3, 0.4) is 0 Å². The number of phenols is 1. The monoisotopic (exact) mass is 540 g/mol. The van der Waals surface area contributed by atoms with Crippen molar-refractivity contribution in [3.05, 3.63) is 58.7 Å². The van der Waals surface area contributed by atoms with Gasteiger partial charge in [0.1, 0.15) is 23.4 Å². The maximum absolute atomic E-state index is 14.0. The summed E-state index contributed by atoms with van der Waals surface area (Å²) in [5.74, 6) is -1.98. The van der Waals surface area contributed by atoms with Crippen LogP contribution in [0.2, 0.25) is 0 Å². The highest BCUT2D eigenvalue weighted by molar-refractivity contribution is 6.00. The molecular weight excluding hydrogens is 500 g/mol. The summed E-state index contributed by atoms with van der Waals surface area (Å²) in [6, 6.07) is 7.13. The predicted molar refractivity (Wildman–Crippen MR) is 149 cm³/mol. The van der Waals surface area contributed by atoms with Gasteiger partial charge in [-0.2, -0.15) is 0 Å². The number of nitrogens with zero attached hydrogens (tertiary/aromatic N) is 1. The number of anilines is 1. The third kappa shape index (κ3) is 8.46. The fraction of sp³-hybridized carbons (Fsp3) is 0.448. The number of carbonyl (C=O) groups is 4. The summed E-state index contributed by atoms with van der Waals surface area (Å²) in [7, 11) is 0. The molecule has 0 saturated carbocycles. The van der Waals surface area contributed by atoms with Crippen molar-refractivity contribution in [2.24, 2.45) is 5.73 Å². The number of nitrogens with one attached hydrogen (secondary N) is 2. The molecule has 2 aromatic carbocycles. The summed E-state index contributed by atoms with van der Waals surface area (Å²) in [5.41, 5.74) is 7.80. The lowest BCUT2D eigenvalue weighted by Crippen LogP contribution is -2.55. The summed E-state index contributed by atoms with van der Waals surface area (Å²) in [6.07, 6.45) is -1.40. The van der Waals surface area contributed by atoms with Crippen molar-refractivity contribution in [1.29, 1.82) is 0 Å². The fourth-order valence-corrected chi connectivity index (χ4v) is 4.20. The lowest BCUT2D eigenvalue weighted by Gasteiger charge is -2.37. The number of aryl methyl sites for hydroxylation is 3. The van der Waals surface area contributed by atoms with E-state index in [0.717, 1.165) is 11.1 Å². The van der Waals surface area contributed by atoms with Crippen LogP contribution in [0, 0.1) is 20.8 Å². The second-order valence-corrected chi connectivity index (χ2v) is 10.9. The Morgan fingerprint density at radius 2 is 1.59 bits per heavy atom. The van der Waals surface area contributed by atoms with E-state index < -0.39 is 54.0 Å². The average Bonchev–Trinajstić information content (AvgIpc) is 2.79. The third-order valence-electron chi connectivity index (χ3n) is 6.00. The van der Waals surface area contributed by atoms with Crippen molar-refractivity contribution in [2.75, 3.05) is 5.32 Å². The highest BCUT2D eigenvalue weighted by atomic mass is 16.6. The molecule has 0 radical (unpaired) electrons. The highest BCUT2D eigenvalue weighted by Crippen LogP contribution is 2.31. The lowest BCUT2D eigenvalue weighted by atomic mass is 9.98. The molecule has 0 saturated heterocycles. The number of alkyl carbamates (subject to hydrolysis) is 1. The van der Waals surface area contributed by atoms with Crippen LogP contribution in [-0.2, 0) is 19.1 Å². The van der Waals surface area contributed by atoms with Crippen molar-refractivity contribution >= 4 is 29.5 Å². The number of carbonyl (C=O) groups excluding carboxylic acids is 4. The first-order chi connectivity index (χ1) is 18.0. The van der Waals surface area contributed by atoms with Crippen molar-refractivity contribution in [3.63, 3.8) is 0 Å². The molecule has 5 N–H and O–H groups in total. The van der Waals surface area contributed by atoms with E-state index in [1.54, 1.807) is 53.7 Å². The van der Waals surface area contributed by atoms with Crippen LogP contribution in [0.1, 0.15) is 69.3 Å². The third-order valence-corrected chi connectivity index (χ3v) is 6.00. The van der Waals surface area contributed by atoms with Crippen LogP contribution in [0.4, 0.5) is 10.5 Å². The van der Waals surface area contributed by atoms with Gasteiger partial charge in [-0.15, -0.1) is 0 Å².